The molecule has 6 heteroatoms. The normalized spacial score (nSPS) is 15.9. The Kier molecular flexibility index (Phi) is 6.69. The Morgan fingerprint density at radius 3 is 2.63 bits per heavy atom. The third kappa shape index (κ3) is 5.21. The molecule has 2 heterocycles. The Morgan fingerprint density at radius 1 is 1.19 bits per heavy atom. The minimum atomic E-state index is 0.220. The van der Waals surface area contributed by atoms with E-state index in [1.165, 1.54) is 5.56 Å². The monoisotopic (exact) mass is 386 g/mol. The van der Waals surface area contributed by atoms with Crippen LogP contribution < -0.4 is 4.90 Å². The molecule has 0 aliphatic carbocycles. The van der Waals surface area contributed by atoms with E-state index in [2.05, 4.69) is 34.8 Å². The lowest BCUT2D eigenvalue weighted by molar-refractivity contribution is -0.131. The SMILES string of the molecule is CC(c1cccc(Cl)c1)N(C)CCC(=O)N1CCN(c2ccccn2)CC1. The average Bonchev–Trinajstić information content (AvgIpc) is 2.72. The zero-order valence-electron chi connectivity index (χ0n) is 16.0. The van der Waals surface area contributed by atoms with Gasteiger partial charge in [-0.15, -0.1) is 0 Å². The summed E-state index contributed by atoms with van der Waals surface area (Å²) >= 11 is 6.09. The maximum absolute atomic E-state index is 12.6. The van der Waals surface area contributed by atoms with Crippen LogP contribution in [0.3, 0.4) is 0 Å². The summed E-state index contributed by atoms with van der Waals surface area (Å²) < 4.78 is 0. The number of benzene rings is 1. The number of pyridine rings is 1. The number of hydrogen-bond acceptors (Lipinski definition) is 4. The van der Waals surface area contributed by atoms with Gasteiger partial charge < -0.3 is 9.80 Å². The Morgan fingerprint density at radius 2 is 1.96 bits per heavy atom. The maximum atomic E-state index is 12.6. The van der Waals surface area contributed by atoms with Gasteiger partial charge in [0.05, 0.1) is 0 Å². The highest BCUT2D eigenvalue weighted by atomic mass is 35.5. The second kappa shape index (κ2) is 9.20. The van der Waals surface area contributed by atoms with Crippen LogP contribution in [-0.4, -0.2) is 60.5 Å². The molecule has 1 aromatic heterocycles. The van der Waals surface area contributed by atoms with Crippen molar-refractivity contribution in [3.05, 3.63) is 59.2 Å². The zero-order chi connectivity index (χ0) is 19.2. The molecule has 1 aromatic carbocycles. The quantitative estimate of drug-likeness (QED) is 0.762. The van der Waals surface area contributed by atoms with E-state index >= 15 is 0 Å². The summed E-state index contributed by atoms with van der Waals surface area (Å²) in [5.74, 6) is 1.21. The summed E-state index contributed by atoms with van der Waals surface area (Å²) in [6.45, 7) is 6.04. The lowest BCUT2D eigenvalue weighted by Crippen LogP contribution is -2.49. The van der Waals surface area contributed by atoms with E-state index in [1.807, 2.05) is 47.5 Å². The lowest BCUT2D eigenvalue weighted by Gasteiger charge is -2.36. The minimum absolute atomic E-state index is 0.220. The van der Waals surface area contributed by atoms with Crippen molar-refractivity contribution in [2.75, 3.05) is 44.7 Å². The number of anilines is 1. The Labute approximate surface area is 166 Å². The molecular weight excluding hydrogens is 360 g/mol. The average molecular weight is 387 g/mol. The van der Waals surface area contributed by atoms with Crippen LogP contribution >= 0.6 is 11.6 Å². The van der Waals surface area contributed by atoms with Gasteiger partial charge in [0.1, 0.15) is 5.82 Å². The van der Waals surface area contributed by atoms with Crippen LogP contribution in [0, 0.1) is 0 Å². The van der Waals surface area contributed by atoms with E-state index in [1.54, 1.807) is 0 Å². The smallest absolute Gasteiger partial charge is 0.223 e. The molecule has 1 saturated heterocycles. The second-order valence-electron chi connectivity index (χ2n) is 7.02. The summed E-state index contributed by atoms with van der Waals surface area (Å²) in [5.41, 5.74) is 1.17. The van der Waals surface area contributed by atoms with E-state index in [-0.39, 0.29) is 11.9 Å². The van der Waals surface area contributed by atoms with Crippen LogP contribution in [0.25, 0.3) is 0 Å². The molecule has 3 rings (SSSR count). The standard InChI is InChI=1S/C21H27ClN4O/c1-17(18-6-5-7-19(22)16-18)24(2)11-9-21(27)26-14-12-25(13-15-26)20-8-3-4-10-23-20/h3-8,10,16-17H,9,11-15H2,1-2H3. The van der Waals surface area contributed by atoms with Crippen molar-refractivity contribution < 1.29 is 4.79 Å². The third-order valence-electron chi connectivity index (χ3n) is 5.28. The predicted octanol–water partition coefficient (Wildman–Crippen LogP) is 3.47. The fourth-order valence-electron chi connectivity index (χ4n) is 3.37. The third-order valence-corrected chi connectivity index (χ3v) is 5.51. The Hall–Kier alpha value is -2.11. The van der Waals surface area contributed by atoms with Crippen molar-refractivity contribution in [3.63, 3.8) is 0 Å². The molecule has 0 N–H and O–H groups in total. The molecule has 1 unspecified atom stereocenters. The van der Waals surface area contributed by atoms with Crippen LogP contribution in [0.4, 0.5) is 5.82 Å². The summed E-state index contributed by atoms with van der Waals surface area (Å²) in [6, 6.07) is 14.1. The number of carbonyl (C=O) groups is 1. The second-order valence-corrected chi connectivity index (χ2v) is 7.45. The van der Waals surface area contributed by atoms with Crippen molar-refractivity contribution in [3.8, 4) is 0 Å². The number of halogens is 1. The van der Waals surface area contributed by atoms with E-state index in [0.29, 0.717) is 6.42 Å². The largest absolute Gasteiger partial charge is 0.353 e. The van der Waals surface area contributed by atoms with Crippen LogP contribution in [-0.2, 0) is 4.79 Å². The van der Waals surface area contributed by atoms with E-state index in [9.17, 15) is 4.79 Å². The maximum Gasteiger partial charge on any atom is 0.223 e. The number of carbonyl (C=O) groups excluding carboxylic acids is 1. The topological polar surface area (TPSA) is 39.7 Å². The van der Waals surface area contributed by atoms with Crippen LogP contribution in [0.15, 0.2) is 48.7 Å². The first-order valence-corrected chi connectivity index (χ1v) is 9.82. The van der Waals surface area contributed by atoms with Gasteiger partial charge in [0.2, 0.25) is 5.91 Å². The molecular formula is C21H27ClN4O. The Bertz CT molecular complexity index is 747. The number of rotatable bonds is 6. The number of hydrogen-bond donors (Lipinski definition) is 0. The minimum Gasteiger partial charge on any atom is -0.353 e. The number of nitrogens with zero attached hydrogens (tertiary/aromatic N) is 4. The van der Waals surface area contributed by atoms with E-state index < -0.39 is 0 Å². The van der Waals surface area contributed by atoms with Gasteiger partial charge in [0.25, 0.3) is 0 Å². The fourth-order valence-corrected chi connectivity index (χ4v) is 3.57. The van der Waals surface area contributed by atoms with Gasteiger partial charge in [-0.1, -0.05) is 29.8 Å². The molecule has 1 aliphatic rings. The van der Waals surface area contributed by atoms with Crippen molar-refractivity contribution in [1.29, 1.82) is 0 Å². The van der Waals surface area contributed by atoms with Gasteiger partial charge in [0, 0.05) is 56.4 Å². The molecule has 0 spiro atoms. The summed E-state index contributed by atoms with van der Waals surface area (Å²) in [5, 5.41) is 0.745. The lowest BCUT2D eigenvalue weighted by atomic mass is 10.1. The van der Waals surface area contributed by atoms with Crippen LogP contribution in [0.5, 0.6) is 0 Å². The zero-order valence-corrected chi connectivity index (χ0v) is 16.8. The molecule has 0 bridgehead atoms. The molecule has 144 valence electrons. The van der Waals surface area contributed by atoms with Gasteiger partial charge >= 0.3 is 0 Å². The van der Waals surface area contributed by atoms with Gasteiger partial charge in [-0.3, -0.25) is 9.69 Å². The van der Waals surface area contributed by atoms with Gasteiger partial charge in [-0.2, -0.15) is 0 Å². The molecule has 5 nitrogen and oxygen atoms in total. The van der Waals surface area contributed by atoms with Crippen molar-refractivity contribution in [1.82, 2.24) is 14.8 Å². The molecule has 2 aromatic rings. The summed E-state index contributed by atoms with van der Waals surface area (Å²) in [6.07, 6.45) is 2.34. The van der Waals surface area contributed by atoms with Gasteiger partial charge in [-0.05, 0) is 43.8 Å². The highest BCUT2D eigenvalue weighted by molar-refractivity contribution is 6.30. The van der Waals surface area contributed by atoms with Crippen molar-refractivity contribution >= 4 is 23.3 Å². The van der Waals surface area contributed by atoms with Crippen molar-refractivity contribution in [2.45, 2.75) is 19.4 Å². The van der Waals surface area contributed by atoms with E-state index in [0.717, 1.165) is 43.6 Å². The first kappa shape index (κ1) is 19.6. The molecule has 1 aliphatic heterocycles. The van der Waals surface area contributed by atoms with Crippen molar-refractivity contribution in [2.24, 2.45) is 0 Å². The summed E-state index contributed by atoms with van der Waals surface area (Å²) in [7, 11) is 2.05. The first-order valence-electron chi connectivity index (χ1n) is 9.44. The fraction of sp³-hybridized carbons (Fsp3) is 0.429. The first-order chi connectivity index (χ1) is 13.0. The molecule has 0 saturated carbocycles. The predicted molar refractivity (Wildman–Crippen MR) is 110 cm³/mol. The van der Waals surface area contributed by atoms with E-state index in [4.69, 9.17) is 11.6 Å². The van der Waals surface area contributed by atoms with Gasteiger partial charge in [0.15, 0.2) is 0 Å². The number of amides is 1. The molecule has 1 amide bonds. The Balaban J connectivity index is 1.45. The highest BCUT2D eigenvalue weighted by Crippen LogP contribution is 2.22. The van der Waals surface area contributed by atoms with Crippen LogP contribution in [0.1, 0.15) is 24.9 Å². The molecule has 0 radical (unpaired) electrons. The summed E-state index contributed by atoms with van der Waals surface area (Å²) in [4.78, 5) is 23.4. The molecule has 27 heavy (non-hydrogen) atoms. The highest BCUT2D eigenvalue weighted by Gasteiger charge is 2.22. The number of aromatic nitrogens is 1. The molecule has 1 atom stereocenters. The number of piperazine rings is 1. The van der Waals surface area contributed by atoms with Gasteiger partial charge in [-0.25, -0.2) is 4.98 Å². The van der Waals surface area contributed by atoms with Crippen LogP contribution in [0.2, 0.25) is 5.02 Å². The molecule has 1 fully saturated rings.